The van der Waals surface area contributed by atoms with Gasteiger partial charge in [-0.1, -0.05) is 43.2 Å². The molecule has 1 aromatic carbocycles. The zero-order valence-electron chi connectivity index (χ0n) is 12.2. The summed E-state index contributed by atoms with van der Waals surface area (Å²) < 4.78 is 0. The van der Waals surface area contributed by atoms with Crippen molar-refractivity contribution in [2.45, 2.75) is 70.1 Å². The third-order valence-electron chi connectivity index (χ3n) is 4.19. The summed E-state index contributed by atoms with van der Waals surface area (Å²) >= 11 is 0. The summed E-state index contributed by atoms with van der Waals surface area (Å²) in [5, 5.41) is 13.7. The zero-order valence-corrected chi connectivity index (χ0v) is 12.2. The van der Waals surface area contributed by atoms with Crippen LogP contribution in [-0.2, 0) is 6.42 Å². The number of aliphatic hydroxyl groups is 1. The van der Waals surface area contributed by atoms with Crippen molar-refractivity contribution in [3.05, 3.63) is 35.9 Å². The number of aliphatic hydroxyl groups excluding tert-OH is 1. The maximum Gasteiger partial charge on any atom is 0.0693 e. The molecule has 0 radical (unpaired) electrons. The Morgan fingerprint density at radius 3 is 2.53 bits per heavy atom. The second kappa shape index (κ2) is 6.53. The van der Waals surface area contributed by atoms with E-state index in [1.807, 2.05) is 0 Å². The quantitative estimate of drug-likeness (QED) is 0.852. The molecule has 2 atom stereocenters. The highest BCUT2D eigenvalue weighted by Crippen LogP contribution is 2.22. The van der Waals surface area contributed by atoms with Crippen molar-refractivity contribution in [3.63, 3.8) is 0 Å². The number of aryl methyl sites for hydroxylation is 1. The molecule has 2 nitrogen and oxygen atoms in total. The summed E-state index contributed by atoms with van der Waals surface area (Å²) in [4.78, 5) is 0. The maximum atomic E-state index is 10.1. The summed E-state index contributed by atoms with van der Waals surface area (Å²) in [7, 11) is 0. The predicted molar refractivity (Wildman–Crippen MR) is 80.2 cm³/mol. The molecule has 0 aromatic heterocycles. The molecule has 1 fully saturated rings. The van der Waals surface area contributed by atoms with E-state index in [0.29, 0.717) is 0 Å². The molecule has 0 amide bonds. The minimum atomic E-state index is -0.162. The van der Waals surface area contributed by atoms with E-state index >= 15 is 0 Å². The number of nitrogens with one attached hydrogen (secondary N) is 1. The average molecular weight is 261 g/mol. The third-order valence-corrected chi connectivity index (χ3v) is 4.19. The average Bonchev–Trinajstić information content (AvgIpc) is 2.40. The number of benzene rings is 1. The molecule has 1 aliphatic rings. The lowest BCUT2D eigenvalue weighted by molar-refractivity contribution is 0.0746. The molecular formula is C17H27NO. The first-order chi connectivity index (χ1) is 9.07. The minimum Gasteiger partial charge on any atom is -0.392 e. The van der Waals surface area contributed by atoms with Crippen molar-refractivity contribution in [1.29, 1.82) is 0 Å². The Kier molecular flexibility index (Phi) is 5.00. The Hall–Kier alpha value is -0.860. The first kappa shape index (κ1) is 14.5. The largest absolute Gasteiger partial charge is 0.392 e. The molecule has 0 unspecified atom stereocenters. The van der Waals surface area contributed by atoms with E-state index in [2.05, 4.69) is 49.5 Å². The van der Waals surface area contributed by atoms with Gasteiger partial charge in [0, 0.05) is 11.6 Å². The van der Waals surface area contributed by atoms with Crippen molar-refractivity contribution >= 4 is 0 Å². The van der Waals surface area contributed by atoms with E-state index < -0.39 is 0 Å². The molecule has 0 spiro atoms. The van der Waals surface area contributed by atoms with Crippen molar-refractivity contribution in [2.24, 2.45) is 0 Å². The van der Waals surface area contributed by atoms with E-state index in [1.165, 1.54) is 18.4 Å². The normalized spacial score (nSPS) is 24.4. The molecular weight excluding hydrogens is 234 g/mol. The molecule has 1 saturated carbocycles. The van der Waals surface area contributed by atoms with Gasteiger partial charge in [-0.2, -0.15) is 0 Å². The molecule has 2 heteroatoms. The van der Waals surface area contributed by atoms with E-state index in [0.717, 1.165) is 25.7 Å². The maximum absolute atomic E-state index is 10.1. The van der Waals surface area contributed by atoms with Crippen molar-refractivity contribution in [1.82, 2.24) is 5.32 Å². The smallest absolute Gasteiger partial charge is 0.0693 e. The van der Waals surface area contributed by atoms with Crippen molar-refractivity contribution in [2.75, 3.05) is 0 Å². The van der Waals surface area contributed by atoms with Gasteiger partial charge in [0.25, 0.3) is 0 Å². The second-order valence-electron chi connectivity index (χ2n) is 6.47. The molecule has 19 heavy (non-hydrogen) atoms. The fourth-order valence-corrected chi connectivity index (χ4v) is 2.96. The highest BCUT2D eigenvalue weighted by atomic mass is 16.3. The molecule has 0 bridgehead atoms. The Labute approximate surface area is 117 Å². The number of hydrogen-bond acceptors (Lipinski definition) is 2. The second-order valence-corrected chi connectivity index (χ2v) is 6.47. The highest BCUT2D eigenvalue weighted by molar-refractivity contribution is 5.15. The van der Waals surface area contributed by atoms with Crippen LogP contribution in [0.3, 0.4) is 0 Å². The van der Waals surface area contributed by atoms with Crippen LogP contribution in [0.5, 0.6) is 0 Å². The predicted octanol–water partition coefficient (Wildman–Crippen LogP) is 3.29. The van der Waals surface area contributed by atoms with Crippen LogP contribution < -0.4 is 5.32 Å². The van der Waals surface area contributed by atoms with Crippen LogP contribution in [0, 0.1) is 0 Å². The number of hydrogen-bond donors (Lipinski definition) is 2. The summed E-state index contributed by atoms with van der Waals surface area (Å²) in [6, 6.07) is 10.9. The SMILES string of the molecule is CC(C)(CCc1ccccc1)N[C@H]1CCCC[C@@H]1O. The van der Waals surface area contributed by atoms with Gasteiger partial charge in [0.1, 0.15) is 0 Å². The van der Waals surface area contributed by atoms with Crippen LogP contribution in [-0.4, -0.2) is 22.8 Å². The third kappa shape index (κ3) is 4.63. The van der Waals surface area contributed by atoms with Gasteiger partial charge >= 0.3 is 0 Å². The molecule has 1 aromatic rings. The van der Waals surface area contributed by atoms with E-state index in [1.54, 1.807) is 0 Å². The lowest BCUT2D eigenvalue weighted by Gasteiger charge is -2.37. The van der Waals surface area contributed by atoms with Crippen LogP contribution in [0.1, 0.15) is 51.5 Å². The fraction of sp³-hybridized carbons (Fsp3) is 0.647. The standard InChI is InChI=1S/C17H27NO/c1-17(2,13-12-14-8-4-3-5-9-14)18-15-10-6-7-11-16(15)19/h3-5,8-9,15-16,18-19H,6-7,10-13H2,1-2H3/t15-,16-/m0/s1. The van der Waals surface area contributed by atoms with Gasteiger partial charge in [-0.05, 0) is 45.1 Å². The lowest BCUT2D eigenvalue weighted by Crippen LogP contribution is -2.52. The first-order valence-electron chi connectivity index (χ1n) is 7.56. The van der Waals surface area contributed by atoms with Gasteiger partial charge in [0.2, 0.25) is 0 Å². The van der Waals surface area contributed by atoms with Crippen LogP contribution >= 0.6 is 0 Å². The Morgan fingerprint density at radius 1 is 1.16 bits per heavy atom. The van der Waals surface area contributed by atoms with Crippen LogP contribution in [0.4, 0.5) is 0 Å². The van der Waals surface area contributed by atoms with Gasteiger partial charge < -0.3 is 10.4 Å². The molecule has 0 heterocycles. The van der Waals surface area contributed by atoms with Gasteiger partial charge in [-0.3, -0.25) is 0 Å². The summed E-state index contributed by atoms with van der Waals surface area (Å²) in [6.07, 6.45) is 6.49. The van der Waals surface area contributed by atoms with Gasteiger partial charge in [-0.25, -0.2) is 0 Å². The molecule has 2 N–H and O–H groups in total. The van der Waals surface area contributed by atoms with E-state index in [9.17, 15) is 5.11 Å². The number of rotatable bonds is 5. The Balaban J connectivity index is 1.84. The van der Waals surface area contributed by atoms with Gasteiger partial charge in [-0.15, -0.1) is 0 Å². The topological polar surface area (TPSA) is 32.3 Å². The van der Waals surface area contributed by atoms with E-state index in [4.69, 9.17) is 0 Å². The lowest BCUT2D eigenvalue weighted by atomic mass is 9.88. The van der Waals surface area contributed by atoms with Crippen molar-refractivity contribution < 1.29 is 5.11 Å². The van der Waals surface area contributed by atoms with Crippen LogP contribution in [0.15, 0.2) is 30.3 Å². The molecule has 0 aliphatic heterocycles. The zero-order chi connectivity index (χ0) is 13.7. The van der Waals surface area contributed by atoms with Gasteiger partial charge in [0.15, 0.2) is 0 Å². The van der Waals surface area contributed by atoms with Crippen molar-refractivity contribution in [3.8, 4) is 0 Å². The van der Waals surface area contributed by atoms with E-state index in [-0.39, 0.29) is 17.7 Å². The summed E-state index contributed by atoms with van der Waals surface area (Å²) in [5.74, 6) is 0. The molecule has 0 saturated heterocycles. The Morgan fingerprint density at radius 2 is 1.84 bits per heavy atom. The highest BCUT2D eigenvalue weighted by Gasteiger charge is 2.28. The fourth-order valence-electron chi connectivity index (χ4n) is 2.96. The molecule has 106 valence electrons. The molecule has 1 aliphatic carbocycles. The first-order valence-corrected chi connectivity index (χ1v) is 7.56. The summed E-state index contributed by atoms with van der Waals surface area (Å²) in [5.41, 5.74) is 1.47. The van der Waals surface area contributed by atoms with Gasteiger partial charge in [0.05, 0.1) is 6.10 Å². The van der Waals surface area contributed by atoms with Crippen LogP contribution in [0.25, 0.3) is 0 Å². The monoisotopic (exact) mass is 261 g/mol. The molecule has 2 rings (SSSR count). The Bertz CT molecular complexity index is 374. The minimum absolute atomic E-state index is 0.0822. The summed E-state index contributed by atoms with van der Waals surface area (Å²) in [6.45, 7) is 4.49. The van der Waals surface area contributed by atoms with Crippen LogP contribution in [0.2, 0.25) is 0 Å².